The van der Waals surface area contributed by atoms with E-state index in [4.69, 9.17) is 20.8 Å². The molecule has 0 radical (unpaired) electrons. The molecule has 0 aliphatic heterocycles. The van der Waals surface area contributed by atoms with E-state index in [-0.39, 0.29) is 5.38 Å². The van der Waals surface area contributed by atoms with Crippen LogP contribution in [0.5, 0.6) is 5.75 Å². The molecule has 0 N–H and O–H groups in total. The first-order valence-corrected chi connectivity index (χ1v) is 7.46. The maximum atomic E-state index is 6.64. The zero-order valence-electron chi connectivity index (χ0n) is 12.1. The van der Waals surface area contributed by atoms with Crippen LogP contribution in [0.4, 0.5) is 0 Å². The van der Waals surface area contributed by atoms with E-state index in [1.807, 2.05) is 42.5 Å². The highest BCUT2D eigenvalue weighted by molar-refractivity contribution is 6.23. The molecule has 2 aromatic carbocycles. The Labute approximate surface area is 129 Å². The van der Waals surface area contributed by atoms with Gasteiger partial charge < -0.3 is 9.15 Å². The highest BCUT2D eigenvalue weighted by Crippen LogP contribution is 2.37. The third kappa shape index (κ3) is 2.52. The van der Waals surface area contributed by atoms with Crippen LogP contribution in [0.15, 0.2) is 52.9 Å². The number of hydrogen-bond donors (Lipinski definition) is 0. The van der Waals surface area contributed by atoms with Gasteiger partial charge in [-0.1, -0.05) is 37.3 Å². The lowest BCUT2D eigenvalue weighted by Gasteiger charge is -2.13. The number of benzene rings is 2. The molecule has 0 saturated heterocycles. The van der Waals surface area contributed by atoms with E-state index in [1.54, 1.807) is 7.11 Å². The van der Waals surface area contributed by atoms with E-state index in [1.165, 1.54) is 0 Å². The Kier molecular flexibility index (Phi) is 3.89. The predicted octanol–water partition coefficient (Wildman–Crippen LogP) is 5.33. The fraction of sp³-hybridized carbons (Fsp3) is 0.222. The lowest BCUT2D eigenvalue weighted by molar-refractivity contribution is 0.419. The lowest BCUT2D eigenvalue weighted by atomic mass is 10.00. The van der Waals surface area contributed by atoms with Gasteiger partial charge in [-0.05, 0) is 29.1 Å². The number of methoxy groups -OCH3 is 1. The zero-order valence-corrected chi connectivity index (χ0v) is 12.9. The minimum atomic E-state index is -0.305. The monoisotopic (exact) mass is 300 g/mol. The van der Waals surface area contributed by atoms with Crippen molar-refractivity contribution >= 4 is 22.4 Å². The largest absolute Gasteiger partial charge is 0.496 e. The third-order valence-corrected chi connectivity index (χ3v) is 4.14. The molecule has 3 heteroatoms. The van der Waals surface area contributed by atoms with Crippen molar-refractivity contribution in [3.05, 3.63) is 65.6 Å². The fourth-order valence-electron chi connectivity index (χ4n) is 2.57. The van der Waals surface area contributed by atoms with Gasteiger partial charge in [0.2, 0.25) is 0 Å². The summed E-state index contributed by atoms with van der Waals surface area (Å²) in [5.74, 6) is 2.59. The van der Waals surface area contributed by atoms with Crippen LogP contribution < -0.4 is 4.74 Å². The number of fused-ring (bicyclic) bond motifs is 1. The smallest absolute Gasteiger partial charge is 0.126 e. The maximum absolute atomic E-state index is 6.64. The van der Waals surface area contributed by atoms with Crippen molar-refractivity contribution in [2.75, 3.05) is 7.11 Å². The van der Waals surface area contributed by atoms with Gasteiger partial charge in [-0.25, -0.2) is 0 Å². The Morgan fingerprint density at radius 3 is 2.48 bits per heavy atom. The van der Waals surface area contributed by atoms with Crippen LogP contribution >= 0.6 is 11.6 Å². The Morgan fingerprint density at radius 2 is 1.81 bits per heavy atom. The summed E-state index contributed by atoms with van der Waals surface area (Å²) in [5, 5.41) is 1.85. The Morgan fingerprint density at radius 1 is 1.05 bits per heavy atom. The van der Waals surface area contributed by atoms with Crippen LogP contribution in [-0.4, -0.2) is 7.11 Å². The number of halogens is 1. The first-order valence-electron chi connectivity index (χ1n) is 7.03. The minimum absolute atomic E-state index is 0.305. The molecule has 2 nitrogen and oxygen atoms in total. The summed E-state index contributed by atoms with van der Waals surface area (Å²) in [6.07, 6.45) is 0.868. The second-order valence-electron chi connectivity index (χ2n) is 4.92. The van der Waals surface area contributed by atoms with Gasteiger partial charge in [0.1, 0.15) is 22.6 Å². The number of ether oxygens (including phenoxy) is 1. The van der Waals surface area contributed by atoms with Crippen molar-refractivity contribution in [1.29, 1.82) is 0 Å². The molecule has 0 saturated carbocycles. The summed E-state index contributed by atoms with van der Waals surface area (Å²) in [4.78, 5) is 0. The van der Waals surface area contributed by atoms with Gasteiger partial charge in [0, 0.05) is 11.8 Å². The molecule has 3 rings (SSSR count). The molecule has 0 bridgehead atoms. The third-order valence-electron chi connectivity index (χ3n) is 3.69. The number of rotatable bonds is 4. The highest BCUT2D eigenvalue weighted by atomic mass is 35.5. The molecule has 1 atom stereocenters. The molecule has 1 unspecified atom stereocenters. The van der Waals surface area contributed by atoms with E-state index >= 15 is 0 Å². The number of alkyl halides is 1. The van der Waals surface area contributed by atoms with Gasteiger partial charge in [-0.15, -0.1) is 11.6 Å². The van der Waals surface area contributed by atoms with Gasteiger partial charge in [-0.3, -0.25) is 0 Å². The highest BCUT2D eigenvalue weighted by Gasteiger charge is 2.18. The van der Waals surface area contributed by atoms with Crippen LogP contribution in [0, 0.1) is 0 Å². The van der Waals surface area contributed by atoms with Gasteiger partial charge in [-0.2, -0.15) is 0 Å². The molecule has 1 aromatic heterocycles. The second-order valence-corrected chi connectivity index (χ2v) is 5.36. The summed E-state index contributed by atoms with van der Waals surface area (Å²) >= 11 is 6.64. The number of hydrogen-bond acceptors (Lipinski definition) is 2. The van der Waals surface area contributed by atoms with Crippen LogP contribution in [0.2, 0.25) is 0 Å². The van der Waals surface area contributed by atoms with Crippen molar-refractivity contribution in [2.24, 2.45) is 0 Å². The van der Waals surface area contributed by atoms with Crippen molar-refractivity contribution in [2.45, 2.75) is 18.7 Å². The molecular weight excluding hydrogens is 284 g/mol. The second kappa shape index (κ2) is 5.82. The van der Waals surface area contributed by atoms with Gasteiger partial charge in [0.15, 0.2) is 0 Å². The topological polar surface area (TPSA) is 22.4 Å². The van der Waals surface area contributed by atoms with Crippen molar-refractivity contribution in [1.82, 2.24) is 0 Å². The molecule has 0 aliphatic carbocycles. The fourth-order valence-corrected chi connectivity index (χ4v) is 2.88. The van der Waals surface area contributed by atoms with Gasteiger partial charge in [0.05, 0.1) is 7.11 Å². The van der Waals surface area contributed by atoms with Crippen molar-refractivity contribution in [3.8, 4) is 5.75 Å². The van der Waals surface area contributed by atoms with Crippen LogP contribution in [0.3, 0.4) is 0 Å². The first kappa shape index (κ1) is 14.0. The standard InChI is InChI=1S/C18H17ClO2/c1-3-12-8-10-17(21-12)18(19)15-9-11-16(20-2)14-7-5-4-6-13(14)15/h4-11,18H,3H2,1-2H3. The molecule has 0 spiro atoms. The predicted molar refractivity (Wildman–Crippen MR) is 86.3 cm³/mol. The molecule has 3 aromatic rings. The van der Waals surface area contributed by atoms with Crippen LogP contribution in [0.1, 0.15) is 29.4 Å². The van der Waals surface area contributed by atoms with Crippen LogP contribution in [0.25, 0.3) is 10.8 Å². The maximum Gasteiger partial charge on any atom is 0.126 e. The summed E-state index contributed by atoms with van der Waals surface area (Å²) in [6, 6.07) is 16.0. The summed E-state index contributed by atoms with van der Waals surface area (Å²) in [5.41, 5.74) is 1.03. The minimum Gasteiger partial charge on any atom is -0.496 e. The van der Waals surface area contributed by atoms with E-state index in [9.17, 15) is 0 Å². The average molecular weight is 301 g/mol. The quantitative estimate of drug-likeness (QED) is 0.607. The molecular formula is C18H17ClO2. The SMILES string of the molecule is CCc1ccc(C(Cl)c2ccc(OC)c3ccccc23)o1. The Bertz CT molecular complexity index is 761. The van der Waals surface area contributed by atoms with E-state index < -0.39 is 0 Å². The molecule has 0 fully saturated rings. The average Bonchev–Trinajstić information content (AvgIpc) is 3.02. The van der Waals surface area contributed by atoms with Crippen molar-refractivity contribution in [3.63, 3.8) is 0 Å². The molecule has 0 aliphatic rings. The Hall–Kier alpha value is -1.93. The van der Waals surface area contributed by atoms with Gasteiger partial charge >= 0.3 is 0 Å². The Balaban J connectivity index is 2.11. The number of furan rings is 1. The van der Waals surface area contributed by atoms with Crippen molar-refractivity contribution < 1.29 is 9.15 Å². The van der Waals surface area contributed by atoms with E-state index in [2.05, 4.69) is 13.0 Å². The van der Waals surface area contributed by atoms with Gasteiger partial charge in [0.25, 0.3) is 0 Å². The van der Waals surface area contributed by atoms with Crippen LogP contribution in [-0.2, 0) is 6.42 Å². The normalized spacial score (nSPS) is 12.5. The van der Waals surface area contributed by atoms with E-state index in [0.29, 0.717) is 0 Å². The molecule has 21 heavy (non-hydrogen) atoms. The summed E-state index contributed by atoms with van der Waals surface area (Å²) in [7, 11) is 1.68. The van der Waals surface area contributed by atoms with E-state index in [0.717, 1.165) is 40.0 Å². The molecule has 108 valence electrons. The molecule has 0 amide bonds. The lowest BCUT2D eigenvalue weighted by Crippen LogP contribution is -1.95. The zero-order chi connectivity index (χ0) is 14.8. The summed E-state index contributed by atoms with van der Waals surface area (Å²) in [6.45, 7) is 2.06. The molecule has 1 heterocycles. The number of aryl methyl sites for hydroxylation is 1. The first-order chi connectivity index (χ1) is 10.2. The summed E-state index contributed by atoms with van der Waals surface area (Å²) < 4.78 is 11.2.